The summed E-state index contributed by atoms with van der Waals surface area (Å²) in [6.45, 7) is 5.99. The van der Waals surface area contributed by atoms with Gasteiger partial charge in [0, 0.05) is 37.7 Å². The standard InChI is InChI=1S/C16H22N2O3/c1-12-11-17(2)6-7-18(12)16(19)13-4-5-14-15(10-13)21-9-3-8-20-14/h4-5,10,12H,3,6-9,11H2,1-2H3. The average Bonchev–Trinajstić information content (AvgIpc) is 2.71. The Kier molecular flexibility index (Phi) is 4.01. The van der Waals surface area contributed by atoms with Crippen LogP contribution in [0.15, 0.2) is 18.2 Å². The van der Waals surface area contributed by atoms with Gasteiger partial charge in [-0.2, -0.15) is 0 Å². The topological polar surface area (TPSA) is 42.0 Å². The first-order valence-corrected chi connectivity index (χ1v) is 7.54. The molecular weight excluding hydrogens is 268 g/mol. The lowest BCUT2D eigenvalue weighted by Gasteiger charge is -2.38. The Morgan fingerprint density at radius 2 is 1.95 bits per heavy atom. The number of carbonyl (C=O) groups is 1. The molecule has 1 aromatic rings. The molecule has 0 N–H and O–H groups in total. The number of carbonyl (C=O) groups excluding carboxylic acids is 1. The fourth-order valence-electron chi connectivity index (χ4n) is 2.90. The molecule has 1 amide bonds. The van der Waals surface area contributed by atoms with Crippen LogP contribution < -0.4 is 9.47 Å². The van der Waals surface area contributed by atoms with Crippen molar-refractivity contribution in [3.8, 4) is 11.5 Å². The van der Waals surface area contributed by atoms with Gasteiger partial charge in [0.25, 0.3) is 5.91 Å². The van der Waals surface area contributed by atoms with Crippen LogP contribution >= 0.6 is 0 Å². The smallest absolute Gasteiger partial charge is 0.254 e. The quantitative estimate of drug-likeness (QED) is 0.788. The molecule has 2 heterocycles. The molecule has 3 rings (SSSR count). The number of hydrogen-bond donors (Lipinski definition) is 0. The third-order valence-corrected chi connectivity index (χ3v) is 4.09. The van der Waals surface area contributed by atoms with E-state index in [9.17, 15) is 4.79 Å². The molecule has 0 saturated carbocycles. The lowest BCUT2D eigenvalue weighted by Crippen LogP contribution is -2.52. The first-order valence-electron chi connectivity index (χ1n) is 7.54. The minimum absolute atomic E-state index is 0.0752. The van der Waals surface area contributed by atoms with Gasteiger partial charge < -0.3 is 19.3 Å². The molecule has 5 nitrogen and oxygen atoms in total. The van der Waals surface area contributed by atoms with Crippen LogP contribution in [-0.2, 0) is 0 Å². The summed E-state index contributed by atoms with van der Waals surface area (Å²) in [6, 6.07) is 5.72. The second kappa shape index (κ2) is 5.93. The van der Waals surface area contributed by atoms with Gasteiger partial charge in [0.15, 0.2) is 11.5 Å². The number of benzene rings is 1. The highest BCUT2D eigenvalue weighted by molar-refractivity contribution is 5.95. The van der Waals surface area contributed by atoms with Crippen molar-refractivity contribution in [1.29, 1.82) is 0 Å². The molecule has 21 heavy (non-hydrogen) atoms. The van der Waals surface area contributed by atoms with Crippen LogP contribution in [0.4, 0.5) is 0 Å². The zero-order valence-corrected chi connectivity index (χ0v) is 12.7. The maximum absolute atomic E-state index is 12.7. The zero-order valence-electron chi connectivity index (χ0n) is 12.7. The summed E-state index contributed by atoms with van der Waals surface area (Å²) in [5.74, 6) is 1.49. The summed E-state index contributed by atoms with van der Waals surface area (Å²) in [6.07, 6.45) is 0.869. The molecular formula is C16H22N2O3. The first kappa shape index (κ1) is 14.2. The number of nitrogens with zero attached hydrogens (tertiary/aromatic N) is 2. The molecule has 114 valence electrons. The van der Waals surface area contributed by atoms with Crippen molar-refractivity contribution < 1.29 is 14.3 Å². The van der Waals surface area contributed by atoms with Crippen molar-refractivity contribution in [2.24, 2.45) is 0 Å². The maximum atomic E-state index is 12.7. The Hall–Kier alpha value is -1.75. The van der Waals surface area contributed by atoms with E-state index in [1.165, 1.54) is 0 Å². The predicted molar refractivity (Wildman–Crippen MR) is 80.0 cm³/mol. The van der Waals surface area contributed by atoms with Crippen LogP contribution in [-0.4, -0.2) is 61.6 Å². The number of amides is 1. The van der Waals surface area contributed by atoms with E-state index in [2.05, 4.69) is 18.9 Å². The van der Waals surface area contributed by atoms with Crippen molar-refractivity contribution in [1.82, 2.24) is 9.80 Å². The molecule has 2 aliphatic heterocycles. The summed E-state index contributed by atoms with van der Waals surface area (Å²) in [5.41, 5.74) is 0.677. The number of fused-ring (bicyclic) bond motifs is 1. The molecule has 0 spiro atoms. The largest absolute Gasteiger partial charge is 0.490 e. The van der Waals surface area contributed by atoms with Crippen LogP contribution in [0.2, 0.25) is 0 Å². The van der Waals surface area contributed by atoms with E-state index in [4.69, 9.17) is 9.47 Å². The van der Waals surface area contributed by atoms with Crippen molar-refractivity contribution in [2.45, 2.75) is 19.4 Å². The van der Waals surface area contributed by atoms with Crippen LogP contribution in [0.5, 0.6) is 11.5 Å². The van der Waals surface area contributed by atoms with E-state index >= 15 is 0 Å². The number of likely N-dealkylation sites (N-methyl/N-ethyl adjacent to an activating group) is 1. The second-order valence-electron chi connectivity index (χ2n) is 5.82. The Balaban J connectivity index is 1.80. The molecule has 1 atom stereocenters. The molecule has 2 aliphatic rings. The van der Waals surface area contributed by atoms with Gasteiger partial charge in [0.05, 0.1) is 13.2 Å². The molecule has 0 aliphatic carbocycles. The molecule has 0 radical (unpaired) electrons. The van der Waals surface area contributed by atoms with Gasteiger partial charge in [0.1, 0.15) is 0 Å². The normalized spacial score (nSPS) is 22.8. The molecule has 0 aromatic heterocycles. The molecule has 1 unspecified atom stereocenters. The van der Waals surface area contributed by atoms with Crippen molar-refractivity contribution in [3.63, 3.8) is 0 Å². The number of ether oxygens (including phenoxy) is 2. The van der Waals surface area contributed by atoms with E-state index in [0.717, 1.165) is 31.8 Å². The lowest BCUT2D eigenvalue weighted by atomic mass is 10.1. The lowest BCUT2D eigenvalue weighted by molar-refractivity contribution is 0.0533. The van der Waals surface area contributed by atoms with Crippen LogP contribution in [0, 0.1) is 0 Å². The van der Waals surface area contributed by atoms with Crippen molar-refractivity contribution >= 4 is 5.91 Å². The van der Waals surface area contributed by atoms with Gasteiger partial charge in [-0.1, -0.05) is 0 Å². The van der Waals surface area contributed by atoms with E-state index in [0.29, 0.717) is 24.5 Å². The highest BCUT2D eigenvalue weighted by Gasteiger charge is 2.27. The fourth-order valence-corrected chi connectivity index (χ4v) is 2.90. The summed E-state index contributed by atoms with van der Waals surface area (Å²) in [4.78, 5) is 16.9. The van der Waals surface area contributed by atoms with Gasteiger partial charge in [-0.25, -0.2) is 0 Å². The van der Waals surface area contributed by atoms with Crippen LogP contribution in [0.3, 0.4) is 0 Å². The van der Waals surface area contributed by atoms with E-state index < -0.39 is 0 Å². The second-order valence-corrected chi connectivity index (χ2v) is 5.82. The third-order valence-electron chi connectivity index (χ3n) is 4.09. The monoisotopic (exact) mass is 290 g/mol. The summed E-state index contributed by atoms with van der Waals surface area (Å²) >= 11 is 0. The molecule has 1 aromatic carbocycles. The number of piperazine rings is 1. The third kappa shape index (κ3) is 2.97. The van der Waals surface area contributed by atoms with Crippen LogP contribution in [0.1, 0.15) is 23.7 Å². The zero-order chi connectivity index (χ0) is 14.8. The van der Waals surface area contributed by atoms with Gasteiger partial charge in [-0.3, -0.25) is 4.79 Å². The minimum Gasteiger partial charge on any atom is -0.490 e. The number of hydrogen-bond acceptors (Lipinski definition) is 4. The first-order chi connectivity index (χ1) is 10.1. The minimum atomic E-state index is 0.0752. The van der Waals surface area contributed by atoms with Crippen molar-refractivity contribution in [3.05, 3.63) is 23.8 Å². The predicted octanol–water partition coefficient (Wildman–Crippen LogP) is 1.62. The summed E-state index contributed by atoms with van der Waals surface area (Å²) < 4.78 is 11.3. The van der Waals surface area contributed by atoms with Gasteiger partial charge in [0.2, 0.25) is 0 Å². The SMILES string of the molecule is CC1CN(C)CCN1C(=O)c1ccc2c(c1)OCCCO2. The highest BCUT2D eigenvalue weighted by atomic mass is 16.5. The van der Waals surface area contributed by atoms with E-state index in [1.54, 1.807) is 0 Å². The number of rotatable bonds is 1. The molecule has 1 saturated heterocycles. The molecule has 5 heteroatoms. The van der Waals surface area contributed by atoms with E-state index in [1.807, 2.05) is 23.1 Å². The molecule has 0 bridgehead atoms. The van der Waals surface area contributed by atoms with Crippen LogP contribution in [0.25, 0.3) is 0 Å². The highest BCUT2D eigenvalue weighted by Crippen LogP contribution is 2.31. The molecule has 1 fully saturated rings. The Morgan fingerprint density at radius 3 is 2.71 bits per heavy atom. The summed E-state index contributed by atoms with van der Waals surface area (Å²) in [7, 11) is 2.09. The van der Waals surface area contributed by atoms with Gasteiger partial charge >= 0.3 is 0 Å². The average molecular weight is 290 g/mol. The van der Waals surface area contributed by atoms with E-state index in [-0.39, 0.29) is 11.9 Å². The van der Waals surface area contributed by atoms with Gasteiger partial charge in [-0.15, -0.1) is 0 Å². The summed E-state index contributed by atoms with van der Waals surface area (Å²) in [5, 5.41) is 0. The Labute approximate surface area is 125 Å². The fraction of sp³-hybridized carbons (Fsp3) is 0.562. The van der Waals surface area contributed by atoms with Gasteiger partial charge in [-0.05, 0) is 32.2 Å². The van der Waals surface area contributed by atoms with Crippen molar-refractivity contribution in [2.75, 3.05) is 39.9 Å². The Morgan fingerprint density at radius 1 is 1.19 bits per heavy atom. The Bertz CT molecular complexity index is 532. The maximum Gasteiger partial charge on any atom is 0.254 e.